The highest BCUT2D eigenvalue weighted by atomic mass is 35.5. The topological polar surface area (TPSA) is 81.8 Å². The zero-order valence-electron chi connectivity index (χ0n) is 16.4. The van der Waals surface area contributed by atoms with Crippen LogP contribution in [0, 0.1) is 27.7 Å². The number of sulfonamides is 1. The van der Waals surface area contributed by atoms with Crippen LogP contribution in [0.25, 0.3) is 5.69 Å². The Kier molecular flexibility index (Phi) is 5.92. The maximum atomic E-state index is 12.8. The van der Waals surface area contributed by atoms with Crippen LogP contribution in [0.15, 0.2) is 35.2 Å². The Morgan fingerprint density at radius 2 is 1.68 bits per heavy atom. The van der Waals surface area contributed by atoms with Gasteiger partial charge < -0.3 is 0 Å². The summed E-state index contributed by atoms with van der Waals surface area (Å²) in [7, 11) is -3.67. The Morgan fingerprint density at radius 1 is 1.00 bits per heavy atom. The van der Waals surface area contributed by atoms with Crippen LogP contribution < -0.4 is 4.72 Å². The van der Waals surface area contributed by atoms with E-state index in [0.29, 0.717) is 35.9 Å². The first-order chi connectivity index (χ1) is 13.2. The van der Waals surface area contributed by atoms with Crippen molar-refractivity contribution in [1.29, 1.82) is 0 Å². The summed E-state index contributed by atoms with van der Waals surface area (Å²) in [5, 5.41) is 9.43. The van der Waals surface area contributed by atoms with E-state index in [1.165, 1.54) is 0 Å². The maximum Gasteiger partial charge on any atom is 0.244 e. The van der Waals surface area contributed by atoms with Crippen molar-refractivity contribution in [2.45, 2.75) is 45.6 Å². The Bertz CT molecular complexity index is 1090. The first-order valence-corrected chi connectivity index (χ1v) is 10.9. The number of hydrogen-bond acceptors (Lipinski definition) is 4. The molecule has 1 N–H and O–H groups in total. The summed E-state index contributed by atoms with van der Waals surface area (Å²) in [5.41, 5.74) is 3.55. The number of nitrogens with one attached hydrogen (secondary N) is 1. The van der Waals surface area contributed by atoms with E-state index >= 15 is 0 Å². The van der Waals surface area contributed by atoms with Gasteiger partial charge in [0.15, 0.2) is 0 Å². The number of benzene rings is 1. The van der Waals surface area contributed by atoms with Crippen LogP contribution in [-0.2, 0) is 16.6 Å². The van der Waals surface area contributed by atoms with Gasteiger partial charge in [0.1, 0.15) is 4.90 Å². The van der Waals surface area contributed by atoms with Crippen LogP contribution in [0.2, 0.25) is 5.02 Å². The van der Waals surface area contributed by atoms with Gasteiger partial charge in [-0.2, -0.15) is 10.2 Å². The Hall–Kier alpha value is -2.16. The molecule has 0 spiro atoms. The van der Waals surface area contributed by atoms with Crippen LogP contribution in [0.4, 0.5) is 0 Å². The van der Waals surface area contributed by atoms with Gasteiger partial charge in [-0.05, 0) is 46.2 Å². The van der Waals surface area contributed by atoms with Crippen molar-refractivity contribution in [3.05, 3.63) is 58.1 Å². The first-order valence-electron chi connectivity index (χ1n) is 9.03. The number of nitrogens with zero attached hydrogens (tertiary/aromatic N) is 4. The van der Waals surface area contributed by atoms with Crippen molar-refractivity contribution in [2.75, 3.05) is 6.54 Å². The molecule has 9 heteroatoms. The number of aromatic nitrogens is 4. The van der Waals surface area contributed by atoms with E-state index in [0.717, 1.165) is 17.1 Å². The predicted octanol–water partition coefficient (Wildman–Crippen LogP) is 3.32. The van der Waals surface area contributed by atoms with Gasteiger partial charge in [-0.3, -0.25) is 4.68 Å². The lowest BCUT2D eigenvalue weighted by molar-refractivity contribution is 0.543. The highest BCUT2D eigenvalue weighted by Gasteiger charge is 2.24. The molecule has 3 aromatic rings. The van der Waals surface area contributed by atoms with Crippen molar-refractivity contribution in [3.63, 3.8) is 0 Å². The lowest BCUT2D eigenvalue weighted by Crippen LogP contribution is -2.26. The third kappa shape index (κ3) is 3.99. The van der Waals surface area contributed by atoms with Crippen LogP contribution >= 0.6 is 11.6 Å². The normalized spacial score (nSPS) is 11.9. The molecule has 0 saturated heterocycles. The molecule has 2 heterocycles. The SMILES string of the molecule is Cc1nn(CCCNS(=O)(=O)c2c(C)nn(-c3ccccc3)c2C)c(C)c1Cl. The van der Waals surface area contributed by atoms with Gasteiger partial charge in [-0.15, -0.1) is 0 Å². The molecule has 7 nitrogen and oxygen atoms in total. The summed E-state index contributed by atoms with van der Waals surface area (Å²) in [4.78, 5) is 0.227. The lowest BCUT2D eigenvalue weighted by atomic mass is 10.3. The summed E-state index contributed by atoms with van der Waals surface area (Å²) < 4.78 is 31.8. The molecule has 0 radical (unpaired) electrons. The first kappa shape index (κ1) is 20.6. The van der Waals surface area contributed by atoms with Crippen LogP contribution in [0.5, 0.6) is 0 Å². The number of rotatable bonds is 7. The minimum atomic E-state index is -3.67. The van der Waals surface area contributed by atoms with Gasteiger partial charge >= 0.3 is 0 Å². The fraction of sp³-hybridized carbons (Fsp3) is 0.368. The standard InChI is InChI=1S/C19H24ClN5O2S/c1-13-18(20)15(3)24(22-13)12-8-11-21-28(26,27)19-14(2)23-25(16(19)4)17-9-6-5-7-10-17/h5-7,9-10,21H,8,11-12H2,1-4H3. The highest BCUT2D eigenvalue weighted by Crippen LogP contribution is 2.22. The second-order valence-electron chi connectivity index (χ2n) is 6.71. The van der Waals surface area contributed by atoms with E-state index in [1.807, 2.05) is 44.2 Å². The van der Waals surface area contributed by atoms with Gasteiger partial charge in [0.05, 0.1) is 33.5 Å². The molecule has 150 valence electrons. The molecular formula is C19H24ClN5O2S. The van der Waals surface area contributed by atoms with E-state index in [4.69, 9.17) is 11.6 Å². The molecule has 2 aromatic heterocycles. The smallest absolute Gasteiger partial charge is 0.244 e. The molecule has 0 aliphatic rings. The molecule has 28 heavy (non-hydrogen) atoms. The third-order valence-electron chi connectivity index (χ3n) is 4.63. The van der Waals surface area contributed by atoms with Crippen LogP contribution in [-0.4, -0.2) is 34.5 Å². The maximum absolute atomic E-state index is 12.8. The highest BCUT2D eigenvalue weighted by molar-refractivity contribution is 7.89. The van der Waals surface area contributed by atoms with E-state index in [2.05, 4.69) is 14.9 Å². The van der Waals surface area contributed by atoms with Crippen molar-refractivity contribution in [1.82, 2.24) is 24.3 Å². The Balaban J connectivity index is 1.71. The summed E-state index contributed by atoms with van der Waals surface area (Å²) >= 11 is 6.15. The zero-order chi connectivity index (χ0) is 20.5. The van der Waals surface area contributed by atoms with Crippen LogP contribution in [0.1, 0.15) is 29.2 Å². The lowest BCUT2D eigenvalue weighted by Gasteiger charge is -2.09. The quantitative estimate of drug-likeness (QED) is 0.593. The third-order valence-corrected chi connectivity index (χ3v) is 6.89. The molecule has 0 atom stereocenters. The molecule has 1 aromatic carbocycles. The number of para-hydroxylation sites is 1. The summed E-state index contributed by atoms with van der Waals surface area (Å²) in [6.45, 7) is 8.11. The fourth-order valence-corrected chi connectivity index (χ4v) is 4.84. The molecule has 0 unspecified atom stereocenters. The predicted molar refractivity (Wildman–Crippen MR) is 110 cm³/mol. The molecule has 0 saturated carbocycles. The number of hydrogen-bond donors (Lipinski definition) is 1. The van der Waals surface area contributed by atoms with Crippen LogP contribution in [0.3, 0.4) is 0 Å². The molecule has 0 fully saturated rings. The average Bonchev–Trinajstić information content (AvgIpc) is 3.10. The molecule has 0 aliphatic carbocycles. The molecule has 0 amide bonds. The molecule has 0 aliphatic heterocycles. The van der Waals surface area contributed by atoms with E-state index in [9.17, 15) is 8.42 Å². The van der Waals surface area contributed by atoms with Crippen molar-refractivity contribution in [2.24, 2.45) is 0 Å². The van der Waals surface area contributed by atoms with Crippen molar-refractivity contribution >= 4 is 21.6 Å². The molecule has 3 rings (SSSR count). The van der Waals surface area contributed by atoms with Gasteiger partial charge in [0.2, 0.25) is 10.0 Å². The Labute approximate surface area is 170 Å². The minimum Gasteiger partial charge on any atom is -0.268 e. The van der Waals surface area contributed by atoms with E-state index in [1.54, 1.807) is 23.2 Å². The van der Waals surface area contributed by atoms with Gasteiger partial charge in [-0.1, -0.05) is 29.8 Å². The zero-order valence-corrected chi connectivity index (χ0v) is 18.0. The van der Waals surface area contributed by atoms with Gasteiger partial charge in [-0.25, -0.2) is 17.8 Å². The molecular weight excluding hydrogens is 398 g/mol. The minimum absolute atomic E-state index is 0.227. The fourth-order valence-electron chi connectivity index (χ4n) is 3.24. The summed E-state index contributed by atoms with van der Waals surface area (Å²) in [6.07, 6.45) is 0.600. The number of halogens is 1. The Morgan fingerprint density at radius 3 is 2.29 bits per heavy atom. The summed E-state index contributed by atoms with van der Waals surface area (Å²) in [5.74, 6) is 0. The second-order valence-corrected chi connectivity index (χ2v) is 8.79. The largest absolute Gasteiger partial charge is 0.268 e. The monoisotopic (exact) mass is 421 g/mol. The number of aryl methyl sites for hydroxylation is 3. The summed E-state index contributed by atoms with van der Waals surface area (Å²) in [6, 6.07) is 9.48. The van der Waals surface area contributed by atoms with Gasteiger partial charge in [0.25, 0.3) is 0 Å². The molecule has 0 bridgehead atoms. The van der Waals surface area contributed by atoms with Gasteiger partial charge in [0, 0.05) is 13.1 Å². The average molecular weight is 422 g/mol. The van der Waals surface area contributed by atoms with E-state index < -0.39 is 10.0 Å². The van der Waals surface area contributed by atoms with E-state index in [-0.39, 0.29) is 4.90 Å². The van der Waals surface area contributed by atoms with Crippen molar-refractivity contribution < 1.29 is 8.42 Å². The van der Waals surface area contributed by atoms with Crippen molar-refractivity contribution in [3.8, 4) is 5.69 Å². The second kappa shape index (κ2) is 8.06.